The fraction of sp³-hybridized carbons (Fsp3) is 0.143. The van der Waals surface area contributed by atoms with Crippen LogP contribution in [0.25, 0.3) is 34.6 Å². The van der Waals surface area contributed by atoms with Gasteiger partial charge in [-0.2, -0.15) is 0 Å². The van der Waals surface area contributed by atoms with E-state index in [0.717, 1.165) is 57.3 Å². The lowest BCUT2D eigenvalue weighted by Gasteiger charge is -1.92. The number of rotatable bonds is 3. The number of pyridine rings is 3. The maximum atomic E-state index is 4.36. The summed E-state index contributed by atoms with van der Waals surface area (Å²) >= 11 is 0. The van der Waals surface area contributed by atoms with E-state index < -0.39 is 0 Å². The van der Waals surface area contributed by atoms with Gasteiger partial charge < -0.3 is 15.0 Å². The minimum absolute atomic E-state index is 0.811. The molecule has 0 aliphatic carbocycles. The van der Waals surface area contributed by atoms with Crippen molar-refractivity contribution in [3.63, 3.8) is 0 Å². The molecule has 6 aromatic rings. The Morgan fingerprint density at radius 1 is 0.486 bits per heavy atom. The normalized spacial score (nSPS) is 10.2. The van der Waals surface area contributed by atoms with Gasteiger partial charge in [0, 0.05) is 42.4 Å². The van der Waals surface area contributed by atoms with E-state index in [1.165, 1.54) is 0 Å². The highest BCUT2D eigenvalue weighted by atomic mass is 15.0. The minimum Gasteiger partial charge on any atom is -0.343 e. The molecular weight excluding hydrogens is 462 g/mol. The lowest BCUT2D eigenvalue weighted by molar-refractivity contribution is 1.20. The summed E-state index contributed by atoms with van der Waals surface area (Å²) in [5.74, 6) is 2.50. The number of aromatic amines is 3. The van der Waals surface area contributed by atoms with Crippen LogP contribution in [-0.2, 0) is 0 Å². The molecule has 0 amide bonds. The van der Waals surface area contributed by atoms with Crippen LogP contribution in [0.2, 0.25) is 0 Å². The van der Waals surface area contributed by atoms with E-state index in [4.69, 9.17) is 0 Å². The fourth-order valence-corrected chi connectivity index (χ4v) is 3.25. The Hall–Kier alpha value is -4.92. The molecule has 6 aromatic heterocycles. The van der Waals surface area contributed by atoms with Crippen molar-refractivity contribution in [2.45, 2.75) is 27.7 Å². The second-order valence-electron chi connectivity index (χ2n) is 8.17. The zero-order chi connectivity index (χ0) is 26.0. The summed E-state index contributed by atoms with van der Waals surface area (Å²) in [7, 11) is 0. The SMILES string of the molecule is Cc1nc(-c2ccccn2)[nH]c1C.Cc1nc(-c2ccccn2)[nH]c1C.c1ccc(-c2ncc[nH]2)nc1. The van der Waals surface area contributed by atoms with E-state index in [1.54, 1.807) is 31.0 Å². The Bertz CT molecular complexity index is 1370. The molecule has 0 aliphatic rings. The molecule has 0 radical (unpaired) electrons. The lowest BCUT2D eigenvalue weighted by Crippen LogP contribution is -1.83. The van der Waals surface area contributed by atoms with Crippen LogP contribution in [0.4, 0.5) is 0 Å². The van der Waals surface area contributed by atoms with Gasteiger partial charge in [0.25, 0.3) is 0 Å². The summed E-state index contributed by atoms with van der Waals surface area (Å²) in [5, 5.41) is 0. The van der Waals surface area contributed by atoms with Crippen molar-refractivity contribution in [3.05, 3.63) is 108 Å². The summed E-state index contributed by atoms with van der Waals surface area (Å²) in [4.78, 5) is 34.7. The molecule has 0 saturated heterocycles. The second-order valence-corrected chi connectivity index (χ2v) is 8.17. The van der Waals surface area contributed by atoms with Crippen LogP contribution < -0.4 is 0 Å². The molecular formula is C28H29N9. The average molecular weight is 492 g/mol. The van der Waals surface area contributed by atoms with Gasteiger partial charge in [-0.15, -0.1) is 0 Å². The second kappa shape index (κ2) is 12.2. The molecule has 9 heteroatoms. The molecule has 0 atom stereocenters. The molecule has 0 fully saturated rings. The molecule has 0 saturated carbocycles. The highest BCUT2D eigenvalue weighted by Gasteiger charge is 2.05. The molecule has 37 heavy (non-hydrogen) atoms. The highest BCUT2D eigenvalue weighted by Crippen LogP contribution is 2.15. The number of hydrogen-bond acceptors (Lipinski definition) is 6. The van der Waals surface area contributed by atoms with Gasteiger partial charge in [0.05, 0.1) is 11.4 Å². The smallest absolute Gasteiger partial charge is 0.156 e. The van der Waals surface area contributed by atoms with Gasteiger partial charge in [-0.25, -0.2) is 15.0 Å². The molecule has 6 rings (SSSR count). The Morgan fingerprint density at radius 3 is 1.22 bits per heavy atom. The maximum Gasteiger partial charge on any atom is 0.156 e. The van der Waals surface area contributed by atoms with Gasteiger partial charge in [-0.3, -0.25) is 15.0 Å². The predicted molar refractivity (Wildman–Crippen MR) is 144 cm³/mol. The van der Waals surface area contributed by atoms with Gasteiger partial charge >= 0.3 is 0 Å². The summed E-state index contributed by atoms with van der Waals surface area (Å²) in [6.45, 7) is 7.99. The molecule has 6 heterocycles. The number of nitrogens with one attached hydrogen (secondary N) is 3. The van der Waals surface area contributed by atoms with Crippen LogP contribution >= 0.6 is 0 Å². The molecule has 0 bridgehead atoms. The van der Waals surface area contributed by atoms with Crippen LogP contribution in [0.15, 0.2) is 85.6 Å². The topological polar surface area (TPSA) is 125 Å². The fourth-order valence-electron chi connectivity index (χ4n) is 3.25. The standard InChI is InChI=1S/2C10H11N3.C8H7N3/c2*1-7-8(2)13-10(12-7)9-5-3-4-6-11-9;1-2-4-9-7(3-1)8-10-5-6-11-8/h2*3-6H,1-2H3,(H,12,13);1-6H,(H,10,11). The summed E-state index contributed by atoms with van der Waals surface area (Å²) in [5.41, 5.74) is 6.90. The van der Waals surface area contributed by atoms with Crippen molar-refractivity contribution in [2.75, 3.05) is 0 Å². The quantitative estimate of drug-likeness (QED) is 0.294. The van der Waals surface area contributed by atoms with Gasteiger partial charge in [-0.05, 0) is 64.1 Å². The number of aromatic nitrogens is 9. The predicted octanol–water partition coefficient (Wildman–Crippen LogP) is 5.65. The van der Waals surface area contributed by atoms with Crippen molar-refractivity contribution in [1.29, 1.82) is 0 Å². The summed E-state index contributed by atoms with van der Waals surface area (Å²) < 4.78 is 0. The van der Waals surface area contributed by atoms with E-state index in [9.17, 15) is 0 Å². The zero-order valence-electron chi connectivity index (χ0n) is 21.3. The molecule has 0 unspecified atom stereocenters. The summed E-state index contributed by atoms with van der Waals surface area (Å²) in [6.07, 6.45) is 8.77. The Labute approximate surface area is 215 Å². The van der Waals surface area contributed by atoms with Gasteiger partial charge in [0.2, 0.25) is 0 Å². The minimum atomic E-state index is 0.811. The Morgan fingerprint density at radius 2 is 0.919 bits per heavy atom. The van der Waals surface area contributed by atoms with Crippen molar-refractivity contribution < 1.29 is 0 Å². The molecule has 9 nitrogen and oxygen atoms in total. The van der Waals surface area contributed by atoms with Crippen molar-refractivity contribution in [2.24, 2.45) is 0 Å². The van der Waals surface area contributed by atoms with E-state index in [2.05, 4.69) is 44.9 Å². The molecule has 186 valence electrons. The van der Waals surface area contributed by atoms with Crippen LogP contribution in [-0.4, -0.2) is 44.9 Å². The van der Waals surface area contributed by atoms with Gasteiger partial charge in [-0.1, -0.05) is 18.2 Å². The Balaban J connectivity index is 0.000000130. The number of aryl methyl sites for hydroxylation is 4. The summed E-state index contributed by atoms with van der Waals surface area (Å²) in [6, 6.07) is 17.3. The highest BCUT2D eigenvalue weighted by molar-refractivity contribution is 5.50. The van der Waals surface area contributed by atoms with Crippen molar-refractivity contribution in [3.8, 4) is 34.6 Å². The monoisotopic (exact) mass is 491 g/mol. The first-order valence-corrected chi connectivity index (χ1v) is 11.8. The van der Waals surface area contributed by atoms with Crippen LogP contribution in [0.1, 0.15) is 22.8 Å². The first-order chi connectivity index (χ1) is 18.0. The lowest BCUT2D eigenvalue weighted by atomic mass is 10.3. The third-order valence-electron chi connectivity index (χ3n) is 5.48. The van der Waals surface area contributed by atoms with E-state index >= 15 is 0 Å². The first kappa shape index (κ1) is 25.2. The van der Waals surface area contributed by atoms with Gasteiger partial charge in [0.1, 0.15) is 17.1 Å². The molecule has 0 spiro atoms. The molecule has 0 aromatic carbocycles. The number of H-pyrrole nitrogens is 3. The van der Waals surface area contributed by atoms with Crippen LogP contribution in [0.3, 0.4) is 0 Å². The number of nitrogens with zero attached hydrogens (tertiary/aromatic N) is 6. The van der Waals surface area contributed by atoms with Crippen molar-refractivity contribution >= 4 is 0 Å². The van der Waals surface area contributed by atoms with E-state index in [0.29, 0.717) is 0 Å². The van der Waals surface area contributed by atoms with Crippen molar-refractivity contribution in [1.82, 2.24) is 44.9 Å². The number of imidazole rings is 3. The van der Waals surface area contributed by atoms with E-state index in [1.807, 2.05) is 82.3 Å². The first-order valence-electron chi connectivity index (χ1n) is 11.8. The number of hydrogen-bond donors (Lipinski definition) is 3. The maximum absolute atomic E-state index is 4.36. The van der Waals surface area contributed by atoms with E-state index in [-0.39, 0.29) is 0 Å². The Kier molecular flexibility index (Phi) is 8.28. The van der Waals surface area contributed by atoms with Gasteiger partial charge in [0.15, 0.2) is 17.5 Å². The third kappa shape index (κ3) is 6.82. The average Bonchev–Trinajstić information content (AvgIpc) is 3.68. The molecule has 3 N–H and O–H groups in total. The third-order valence-corrected chi connectivity index (χ3v) is 5.48. The zero-order valence-corrected chi connectivity index (χ0v) is 21.3. The van der Waals surface area contributed by atoms with Crippen LogP contribution in [0, 0.1) is 27.7 Å². The van der Waals surface area contributed by atoms with Crippen LogP contribution in [0.5, 0.6) is 0 Å². The molecule has 0 aliphatic heterocycles. The largest absolute Gasteiger partial charge is 0.343 e.